The second-order valence-electron chi connectivity index (χ2n) is 5.92. The van der Waals surface area contributed by atoms with E-state index in [0.29, 0.717) is 28.8 Å². The van der Waals surface area contributed by atoms with Crippen molar-refractivity contribution in [2.45, 2.75) is 18.9 Å². The standard InChI is InChI=1S/C16H14N6O2/c1-24-12-4-2-3-11-13(12)18-16(23)22-15(11)19-14(20-22)9-7-17-21(8-9)10-5-6-10/h2-4,7-8,10H,5-6H2,1H3,(H,18,23). The molecule has 1 aliphatic carbocycles. The average Bonchev–Trinajstić information content (AvgIpc) is 3.15. The van der Waals surface area contributed by atoms with Gasteiger partial charge in [0.2, 0.25) is 0 Å². The number of benzene rings is 1. The van der Waals surface area contributed by atoms with Crippen molar-refractivity contribution in [3.8, 4) is 17.1 Å². The number of hydrogen-bond donors (Lipinski definition) is 1. The Morgan fingerprint density at radius 1 is 1.33 bits per heavy atom. The first kappa shape index (κ1) is 13.3. The molecule has 8 heteroatoms. The average molecular weight is 322 g/mol. The van der Waals surface area contributed by atoms with E-state index in [1.807, 2.05) is 23.0 Å². The monoisotopic (exact) mass is 322 g/mol. The van der Waals surface area contributed by atoms with Gasteiger partial charge in [-0.25, -0.2) is 9.78 Å². The Morgan fingerprint density at radius 3 is 3.00 bits per heavy atom. The lowest BCUT2D eigenvalue weighted by Crippen LogP contribution is -2.17. The van der Waals surface area contributed by atoms with Crippen LogP contribution in [-0.2, 0) is 0 Å². The van der Waals surface area contributed by atoms with Gasteiger partial charge in [0.1, 0.15) is 5.75 Å². The zero-order valence-corrected chi connectivity index (χ0v) is 12.9. The van der Waals surface area contributed by atoms with Crippen molar-refractivity contribution >= 4 is 16.6 Å². The molecule has 0 unspecified atom stereocenters. The van der Waals surface area contributed by atoms with Crippen LogP contribution in [0.15, 0.2) is 35.4 Å². The Balaban J connectivity index is 1.75. The molecule has 0 aliphatic heterocycles. The maximum atomic E-state index is 12.4. The van der Waals surface area contributed by atoms with Crippen molar-refractivity contribution in [1.82, 2.24) is 29.4 Å². The molecule has 0 amide bonds. The van der Waals surface area contributed by atoms with Crippen LogP contribution in [0.2, 0.25) is 0 Å². The van der Waals surface area contributed by atoms with Crippen LogP contribution in [-0.4, -0.2) is 36.5 Å². The van der Waals surface area contributed by atoms with Gasteiger partial charge in [0.05, 0.1) is 30.4 Å². The predicted molar refractivity (Wildman–Crippen MR) is 87.2 cm³/mol. The largest absolute Gasteiger partial charge is 0.495 e. The molecule has 1 saturated carbocycles. The maximum absolute atomic E-state index is 12.4. The van der Waals surface area contributed by atoms with Gasteiger partial charge in [-0.05, 0) is 25.0 Å². The van der Waals surface area contributed by atoms with Crippen LogP contribution in [0.1, 0.15) is 18.9 Å². The Hall–Kier alpha value is -3.16. The molecular weight excluding hydrogens is 308 g/mol. The Kier molecular flexibility index (Phi) is 2.59. The molecular formula is C16H14N6O2. The number of rotatable bonds is 3. The van der Waals surface area contributed by atoms with Crippen molar-refractivity contribution in [2.24, 2.45) is 0 Å². The number of hydrogen-bond acceptors (Lipinski definition) is 5. The minimum atomic E-state index is -0.352. The summed E-state index contributed by atoms with van der Waals surface area (Å²) in [6, 6.07) is 6.03. The highest BCUT2D eigenvalue weighted by atomic mass is 16.5. The fourth-order valence-corrected chi connectivity index (χ4v) is 2.92. The fourth-order valence-electron chi connectivity index (χ4n) is 2.92. The third kappa shape index (κ3) is 1.86. The summed E-state index contributed by atoms with van der Waals surface area (Å²) in [6.07, 6.45) is 5.99. The topological polar surface area (TPSA) is 90.1 Å². The fraction of sp³-hybridized carbons (Fsp3) is 0.250. The number of para-hydroxylation sites is 1. The molecule has 24 heavy (non-hydrogen) atoms. The lowest BCUT2D eigenvalue weighted by atomic mass is 10.2. The first-order valence-corrected chi connectivity index (χ1v) is 7.75. The van der Waals surface area contributed by atoms with Gasteiger partial charge >= 0.3 is 5.69 Å². The second kappa shape index (κ2) is 4.67. The van der Waals surface area contributed by atoms with Gasteiger partial charge in [-0.3, -0.25) is 4.68 Å². The number of fused-ring (bicyclic) bond motifs is 3. The third-order valence-electron chi connectivity index (χ3n) is 4.30. The van der Waals surface area contributed by atoms with E-state index in [1.54, 1.807) is 19.4 Å². The first-order valence-electron chi connectivity index (χ1n) is 7.75. The van der Waals surface area contributed by atoms with Gasteiger partial charge in [-0.15, -0.1) is 5.10 Å². The summed E-state index contributed by atoms with van der Waals surface area (Å²) in [6.45, 7) is 0. The number of H-pyrrole nitrogens is 1. The lowest BCUT2D eigenvalue weighted by Gasteiger charge is -2.04. The molecule has 0 spiro atoms. The number of aromatic nitrogens is 6. The van der Waals surface area contributed by atoms with Gasteiger partial charge in [-0.2, -0.15) is 9.61 Å². The van der Waals surface area contributed by atoms with E-state index in [1.165, 1.54) is 4.52 Å². The van der Waals surface area contributed by atoms with Crippen LogP contribution >= 0.6 is 0 Å². The minimum Gasteiger partial charge on any atom is -0.495 e. The zero-order valence-electron chi connectivity index (χ0n) is 12.9. The van der Waals surface area contributed by atoms with Gasteiger partial charge in [0.15, 0.2) is 11.5 Å². The highest BCUT2D eigenvalue weighted by molar-refractivity contribution is 5.95. The second-order valence-corrected chi connectivity index (χ2v) is 5.92. The number of nitrogens with one attached hydrogen (secondary N) is 1. The summed E-state index contributed by atoms with van der Waals surface area (Å²) in [7, 11) is 1.57. The normalized spacial score (nSPS) is 14.5. The van der Waals surface area contributed by atoms with Crippen LogP contribution in [0.5, 0.6) is 5.75 Å². The van der Waals surface area contributed by atoms with Crippen LogP contribution in [0.4, 0.5) is 0 Å². The van der Waals surface area contributed by atoms with Crippen molar-refractivity contribution in [1.29, 1.82) is 0 Å². The molecule has 1 aliphatic rings. The molecule has 3 aromatic heterocycles. The van der Waals surface area contributed by atoms with Gasteiger partial charge in [-0.1, -0.05) is 6.07 Å². The summed E-state index contributed by atoms with van der Waals surface area (Å²) in [5.74, 6) is 1.08. The summed E-state index contributed by atoms with van der Waals surface area (Å²) >= 11 is 0. The molecule has 0 bridgehead atoms. The van der Waals surface area contributed by atoms with E-state index in [4.69, 9.17) is 4.74 Å². The molecule has 8 nitrogen and oxygen atoms in total. The molecule has 0 atom stereocenters. The first-order chi connectivity index (χ1) is 11.7. The van der Waals surface area contributed by atoms with Gasteiger partial charge in [0, 0.05) is 11.6 Å². The van der Waals surface area contributed by atoms with Crippen molar-refractivity contribution in [3.63, 3.8) is 0 Å². The summed E-state index contributed by atoms with van der Waals surface area (Å²) < 4.78 is 8.54. The van der Waals surface area contributed by atoms with E-state index in [9.17, 15) is 4.79 Å². The Morgan fingerprint density at radius 2 is 2.21 bits per heavy atom. The van der Waals surface area contributed by atoms with Crippen LogP contribution in [0, 0.1) is 0 Å². The molecule has 0 saturated heterocycles. The predicted octanol–water partition coefficient (Wildman–Crippen LogP) is 1.78. The van der Waals surface area contributed by atoms with E-state index >= 15 is 0 Å². The SMILES string of the molecule is COc1cccc2c1[nH]c(=O)n1nc(-c3cnn(C4CC4)c3)nc21. The molecule has 3 heterocycles. The smallest absolute Gasteiger partial charge is 0.348 e. The molecule has 1 fully saturated rings. The number of aromatic amines is 1. The number of methoxy groups -OCH3 is 1. The summed E-state index contributed by atoms with van der Waals surface area (Å²) in [4.78, 5) is 19.7. The number of ether oxygens (including phenoxy) is 1. The molecule has 1 N–H and O–H groups in total. The summed E-state index contributed by atoms with van der Waals surface area (Å²) in [5, 5.41) is 9.49. The lowest BCUT2D eigenvalue weighted by molar-refractivity contribution is 0.418. The Bertz CT molecular complexity index is 1130. The van der Waals surface area contributed by atoms with Crippen molar-refractivity contribution in [2.75, 3.05) is 7.11 Å². The highest BCUT2D eigenvalue weighted by Crippen LogP contribution is 2.35. The molecule has 5 rings (SSSR count). The maximum Gasteiger partial charge on any atom is 0.348 e. The van der Waals surface area contributed by atoms with E-state index in [2.05, 4.69) is 20.2 Å². The zero-order chi connectivity index (χ0) is 16.3. The van der Waals surface area contributed by atoms with Crippen LogP contribution in [0.3, 0.4) is 0 Å². The highest BCUT2D eigenvalue weighted by Gasteiger charge is 2.25. The van der Waals surface area contributed by atoms with Gasteiger partial charge < -0.3 is 9.72 Å². The molecule has 1 aromatic carbocycles. The van der Waals surface area contributed by atoms with E-state index in [-0.39, 0.29) is 5.69 Å². The van der Waals surface area contributed by atoms with Crippen molar-refractivity contribution in [3.05, 3.63) is 41.1 Å². The van der Waals surface area contributed by atoms with Crippen LogP contribution in [0.25, 0.3) is 27.9 Å². The minimum absolute atomic E-state index is 0.352. The summed E-state index contributed by atoms with van der Waals surface area (Å²) in [5.41, 5.74) is 1.57. The van der Waals surface area contributed by atoms with E-state index in [0.717, 1.165) is 23.8 Å². The molecule has 120 valence electrons. The number of nitrogens with zero attached hydrogens (tertiary/aromatic N) is 5. The Labute approximate surface area is 135 Å². The van der Waals surface area contributed by atoms with Crippen LogP contribution < -0.4 is 10.4 Å². The third-order valence-corrected chi connectivity index (χ3v) is 4.30. The molecule has 4 aromatic rings. The molecule has 0 radical (unpaired) electrons. The van der Waals surface area contributed by atoms with Gasteiger partial charge in [0.25, 0.3) is 0 Å². The quantitative estimate of drug-likeness (QED) is 0.621. The van der Waals surface area contributed by atoms with Crippen molar-refractivity contribution < 1.29 is 4.74 Å². The van der Waals surface area contributed by atoms with E-state index < -0.39 is 0 Å².